The molecule has 1 aromatic heterocycles. The summed E-state index contributed by atoms with van der Waals surface area (Å²) < 4.78 is 5.40. The molecule has 0 aliphatic heterocycles. The molecule has 1 aromatic carbocycles. The van der Waals surface area contributed by atoms with Crippen LogP contribution in [-0.2, 0) is 4.79 Å². The number of rotatable bonds is 3. The number of nitrogens with one attached hydrogen (secondary N) is 1. The third-order valence-electron chi connectivity index (χ3n) is 4.08. The van der Waals surface area contributed by atoms with Gasteiger partial charge < -0.3 is 15.5 Å². The van der Waals surface area contributed by atoms with Crippen LogP contribution in [0, 0.1) is 12.8 Å². The summed E-state index contributed by atoms with van der Waals surface area (Å²) in [6, 6.07) is 7.70. The molecular weight excluding hydrogens is 278 g/mol. The van der Waals surface area contributed by atoms with Gasteiger partial charge in [-0.05, 0) is 44.4 Å². The molecule has 3 N–H and O–H groups in total. The van der Waals surface area contributed by atoms with Gasteiger partial charge in [-0.15, -0.1) is 0 Å². The molecular formula is C17H21N3O2. The highest BCUT2D eigenvalue weighted by Gasteiger charge is 2.25. The van der Waals surface area contributed by atoms with Crippen molar-refractivity contribution in [1.82, 2.24) is 4.98 Å². The van der Waals surface area contributed by atoms with Crippen molar-refractivity contribution < 1.29 is 9.21 Å². The van der Waals surface area contributed by atoms with E-state index in [1.54, 1.807) is 6.26 Å². The Morgan fingerprint density at radius 1 is 1.41 bits per heavy atom. The summed E-state index contributed by atoms with van der Waals surface area (Å²) in [6.45, 7) is 1.88. The molecule has 1 aliphatic carbocycles. The van der Waals surface area contributed by atoms with E-state index in [4.69, 9.17) is 10.2 Å². The normalized spacial score (nSPS) is 21.5. The second kappa shape index (κ2) is 6.32. The van der Waals surface area contributed by atoms with Crippen molar-refractivity contribution in [3.8, 4) is 11.5 Å². The van der Waals surface area contributed by atoms with Crippen LogP contribution < -0.4 is 11.1 Å². The molecule has 1 saturated carbocycles. The lowest BCUT2D eigenvalue weighted by Gasteiger charge is -2.25. The number of aromatic nitrogens is 1. The number of oxazole rings is 1. The Balaban J connectivity index is 1.71. The van der Waals surface area contributed by atoms with E-state index in [1.165, 1.54) is 0 Å². The van der Waals surface area contributed by atoms with E-state index in [1.807, 2.05) is 31.2 Å². The van der Waals surface area contributed by atoms with E-state index in [0.717, 1.165) is 42.6 Å². The molecule has 1 amide bonds. The minimum atomic E-state index is 0.0105. The Hall–Kier alpha value is -2.14. The van der Waals surface area contributed by atoms with Crippen LogP contribution in [0.1, 0.15) is 31.4 Å². The maximum atomic E-state index is 12.4. The first-order valence-corrected chi connectivity index (χ1v) is 7.71. The Bertz CT molecular complexity index is 665. The van der Waals surface area contributed by atoms with Gasteiger partial charge in [-0.25, -0.2) is 4.98 Å². The molecule has 5 nitrogen and oxygen atoms in total. The smallest absolute Gasteiger partial charge is 0.227 e. The number of amides is 1. The number of hydrogen-bond donors (Lipinski definition) is 2. The molecule has 116 valence electrons. The first kappa shape index (κ1) is 14.8. The average molecular weight is 299 g/mol. The zero-order valence-corrected chi connectivity index (χ0v) is 12.7. The lowest BCUT2D eigenvalue weighted by Crippen LogP contribution is -2.34. The topological polar surface area (TPSA) is 81.2 Å². The van der Waals surface area contributed by atoms with Gasteiger partial charge >= 0.3 is 0 Å². The third-order valence-corrected chi connectivity index (χ3v) is 4.08. The summed E-state index contributed by atoms with van der Waals surface area (Å²) in [6.07, 6.45) is 5.34. The number of aryl methyl sites for hydroxylation is 1. The van der Waals surface area contributed by atoms with Gasteiger partial charge in [0.15, 0.2) is 0 Å². The van der Waals surface area contributed by atoms with Crippen molar-refractivity contribution in [3.63, 3.8) is 0 Å². The van der Waals surface area contributed by atoms with Gasteiger partial charge in [-0.2, -0.15) is 0 Å². The number of carbonyl (C=O) groups excluding carboxylic acids is 1. The van der Waals surface area contributed by atoms with Crippen LogP contribution >= 0.6 is 0 Å². The predicted molar refractivity (Wildman–Crippen MR) is 85.2 cm³/mol. The Morgan fingerprint density at radius 3 is 3.00 bits per heavy atom. The van der Waals surface area contributed by atoms with Crippen LogP contribution in [0.25, 0.3) is 11.5 Å². The number of hydrogen-bond acceptors (Lipinski definition) is 4. The first-order chi connectivity index (χ1) is 10.6. The highest BCUT2D eigenvalue weighted by Crippen LogP contribution is 2.26. The summed E-state index contributed by atoms with van der Waals surface area (Å²) >= 11 is 0. The van der Waals surface area contributed by atoms with Crippen molar-refractivity contribution in [2.24, 2.45) is 11.7 Å². The number of nitrogens with two attached hydrogens (primary N) is 1. The van der Waals surface area contributed by atoms with Gasteiger partial charge in [0.05, 0.1) is 5.69 Å². The molecule has 22 heavy (non-hydrogen) atoms. The predicted octanol–water partition coefficient (Wildman–Crippen LogP) is 3.11. The Kier molecular flexibility index (Phi) is 4.24. The zero-order valence-electron chi connectivity index (χ0n) is 12.7. The molecule has 1 aliphatic rings. The van der Waals surface area contributed by atoms with E-state index in [0.29, 0.717) is 5.89 Å². The van der Waals surface area contributed by atoms with Gasteiger partial charge in [-0.3, -0.25) is 4.79 Å². The molecule has 2 aromatic rings. The summed E-state index contributed by atoms with van der Waals surface area (Å²) in [7, 11) is 0. The first-order valence-electron chi connectivity index (χ1n) is 7.71. The lowest BCUT2D eigenvalue weighted by atomic mass is 9.85. The van der Waals surface area contributed by atoms with Gasteiger partial charge in [0.2, 0.25) is 11.8 Å². The van der Waals surface area contributed by atoms with Gasteiger partial charge in [0.1, 0.15) is 6.26 Å². The zero-order chi connectivity index (χ0) is 15.5. The molecule has 0 radical (unpaired) electrons. The molecule has 5 heteroatoms. The SMILES string of the molecule is Cc1coc(-c2cccc(NC(=O)C3CCCC(N)C3)c2)n1. The van der Waals surface area contributed by atoms with Crippen LogP contribution in [0.5, 0.6) is 0 Å². The molecule has 1 fully saturated rings. The third kappa shape index (κ3) is 3.36. The number of anilines is 1. The van der Waals surface area contributed by atoms with Crippen LogP contribution in [0.3, 0.4) is 0 Å². The maximum absolute atomic E-state index is 12.4. The fourth-order valence-electron chi connectivity index (χ4n) is 2.93. The lowest BCUT2D eigenvalue weighted by molar-refractivity contribution is -0.120. The summed E-state index contributed by atoms with van der Waals surface area (Å²) in [5.74, 6) is 0.626. The van der Waals surface area contributed by atoms with Crippen molar-refractivity contribution in [2.75, 3.05) is 5.32 Å². The van der Waals surface area contributed by atoms with Crippen molar-refractivity contribution in [2.45, 2.75) is 38.6 Å². The molecule has 1 heterocycles. The Labute approximate surface area is 129 Å². The minimum absolute atomic E-state index is 0.0105. The molecule has 2 atom stereocenters. The van der Waals surface area contributed by atoms with Crippen LogP contribution in [0.15, 0.2) is 34.9 Å². The summed E-state index contributed by atoms with van der Waals surface area (Å²) in [4.78, 5) is 16.7. The van der Waals surface area contributed by atoms with E-state index in [9.17, 15) is 4.79 Å². The quantitative estimate of drug-likeness (QED) is 0.912. The molecule has 0 spiro atoms. The van der Waals surface area contributed by atoms with Crippen LogP contribution in [0.4, 0.5) is 5.69 Å². The fraction of sp³-hybridized carbons (Fsp3) is 0.412. The highest BCUT2D eigenvalue weighted by molar-refractivity contribution is 5.93. The Morgan fingerprint density at radius 2 is 2.27 bits per heavy atom. The van der Waals surface area contributed by atoms with E-state index in [2.05, 4.69) is 10.3 Å². The van der Waals surface area contributed by atoms with Crippen molar-refractivity contribution >= 4 is 11.6 Å². The highest BCUT2D eigenvalue weighted by atomic mass is 16.3. The second-order valence-corrected chi connectivity index (χ2v) is 5.99. The largest absolute Gasteiger partial charge is 0.444 e. The molecule has 3 rings (SSSR count). The maximum Gasteiger partial charge on any atom is 0.227 e. The monoisotopic (exact) mass is 299 g/mol. The van der Waals surface area contributed by atoms with Crippen LogP contribution in [0.2, 0.25) is 0 Å². The van der Waals surface area contributed by atoms with Gasteiger partial charge in [0, 0.05) is 23.2 Å². The van der Waals surface area contributed by atoms with Gasteiger partial charge in [0.25, 0.3) is 0 Å². The molecule has 2 unspecified atom stereocenters. The molecule has 0 saturated heterocycles. The number of nitrogens with zero attached hydrogens (tertiary/aromatic N) is 1. The molecule has 0 bridgehead atoms. The van der Waals surface area contributed by atoms with Crippen molar-refractivity contribution in [1.29, 1.82) is 0 Å². The van der Waals surface area contributed by atoms with E-state index in [-0.39, 0.29) is 17.9 Å². The average Bonchev–Trinajstić information content (AvgIpc) is 2.94. The van der Waals surface area contributed by atoms with Crippen molar-refractivity contribution in [3.05, 3.63) is 36.2 Å². The van der Waals surface area contributed by atoms with Gasteiger partial charge in [-0.1, -0.05) is 12.5 Å². The number of carbonyl (C=O) groups is 1. The van der Waals surface area contributed by atoms with Crippen LogP contribution in [-0.4, -0.2) is 16.9 Å². The fourth-order valence-corrected chi connectivity index (χ4v) is 2.93. The minimum Gasteiger partial charge on any atom is -0.444 e. The summed E-state index contributed by atoms with van der Waals surface area (Å²) in [5.41, 5.74) is 8.41. The van der Waals surface area contributed by atoms with E-state index >= 15 is 0 Å². The standard InChI is InChI=1S/C17H21N3O2/c1-11-10-22-17(19-11)13-5-3-7-15(9-13)20-16(21)12-4-2-6-14(18)8-12/h3,5,7,9-10,12,14H,2,4,6,8,18H2,1H3,(H,20,21). The number of benzene rings is 1. The summed E-state index contributed by atoms with van der Waals surface area (Å²) in [5, 5.41) is 2.99. The second-order valence-electron chi connectivity index (χ2n) is 5.99. The van der Waals surface area contributed by atoms with E-state index < -0.39 is 0 Å².